The maximum absolute atomic E-state index is 9.85. The lowest BCUT2D eigenvalue weighted by atomic mass is 9.92. The third kappa shape index (κ3) is 2.26. The molecule has 0 saturated heterocycles. The first-order valence-corrected chi connectivity index (χ1v) is 7.07. The first-order chi connectivity index (χ1) is 10.3. The summed E-state index contributed by atoms with van der Waals surface area (Å²) in [6.45, 7) is 2.68. The summed E-state index contributed by atoms with van der Waals surface area (Å²) in [4.78, 5) is 6.45. The van der Waals surface area contributed by atoms with Crippen LogP contribution >= 0.6 is 0 Å². The number of benzene rings is 1. The van der Waals surface area contributed by atoms with Crippen molar-refractivity contribution in [3.63, 3.8) is 0 Å². The van der Waals surface area contributed by atoms with E-state index >= 15 is 0 Å². The van der Waals surface area contributed by atoms with E-state index in [2.05, 4.69) is 17.1 Å². The van der Waals surface area contributed by atoms with Gasteiger partial charge < -0.3 is 10.0 Å². The van der Waals surface area contributed by atoms with Crippen LogP contribution in [0.5, 0.6) is 0 Å². The van der Waals surface area contributed by atoms with E-state index in [0.717, 1.165) is 24.1 Å². The zero-order chi connectivity index (χ0) is 14.8. The average molecular weight is 279 g/mol. The normalized spacial score (nSPS) is 17.2. The molecule has 0 bridgehead atoms. The number of aliphatic hydroxyl groups excluding tert-OH is 1. The zero-order valence-electron chi connectivity index (χ0n) is 12.0. The van der Waals surface area contributed by atoms with E-state index in [4.69, 9.17) is 0 Å². The van der Waals surface area contributed by atoms with Crippen molar-refractivity contribution in [1.82, 2.24) is 4.98 Å². The van der Waals surface area contributed by atoms with Crippen LogP contribution in [-0.2, 0) is 6.42 Å². The minimum atomic E-state index is -0.142. The fourth-order valence-corrected chi connectivity index (χ4v) is 3.00. The molecule has 106 valence electrons. The van der Waals surface area contributed by atoms with Crippen molar-refractivity contribution >= 4 is 5.82 Å². The number of pyridine rings is 1. The minimum Gasteiger partial charge on any atom is -0.394 e. The zero-order valence-corrected chi connectivity index (χ0v) is 12.0. The smallest absolute Gasteiger partial charge is 0.147 e. The summed E-state index contributed by atoms with van der Waals surface area (Å²) >= 11 is 0. The third-order valence-corrected chi connectivity index (χ3v) is 4.11. The van der Waals surface area contributed by atoms with E-state index in [0.29, 0.717) is 11.4 Å². The highest BCUT2D eigenvalue weighted by Gasteiger charge is 2.29. The van der Waals surface area contributed by atoms with E-state index in [9.17, 15) is 10.4 Å². The molecule has 1 aromatic carbocycles. The van der Waals surface area contributed by atoms with Gasteiger partial charge in [0.1, 0.15) is 11.9 Å². The SMILES string of the molecule is Cc1ccnc(N2CCc3ccccc3C2CO)c1C#N. The minimum absolute atomic E-state index is 0.0114. The van der Waals surface area contributed by atoms with Crippen LogP contribution in [0.4, 0.5) is 5.82 Å². The summed E-state index contributed by atoms with van der Waals surface area (Å²) in [6.07, 6.45) is 2.62. The average Bonchev–Trinajstić information content (AvgIpc) is 2.53. The highest BCUT2D eigenvalue weighted by Crippen LogP contribution is 2.34. The van der Waals surface area contributed by atoms with Gasteiger partial charge in [-0.15, -0.1) is 0 Å². The van der Waals surface area contributed by atoms with Gasteiger partial charge in [0.05, 0.1) is 18.2 Å². The molecule has 0 spiro atoms. The number of aliphatic hydroxyl groups is 1. The van der Waals surface area contributed by atoms with E-state index < -0.39 is 0 Å². The highest BCUT2D eigenvalue weighted by atomic mass is 16.3. The second-order valence-electron chi connectivity index (χ2n) is 5.28. The number of aromatic nitrogens is 1. The molecular weight excluding hydrogens is 262 g/mol. The number of hydrogen-bond donors (Lipinski definition) is 1. The Morgan fingerprint density at radius 2 is 2.19 bits per heavy atom. The number of hydrogen-bond acceptors (Lipinski definition) is 4. The van der Waals surface area contributed by atoms with Crippen LogP contribution in [0.25, 0.3) is 0 Å². The lowest BCUT2D eigenvalue weighted by Gasteiger charge is -2.37. The van der Waals surface area contributed by atoms with Crippen LogP contribution in [-0.4, -0.2) is 23.2 Å². The summed E-state index contributed by atoms with van der Waals surface area (Å²) in [5.41, 5.74) is 3.89. The van der Waals surface area contributed by atoms with Crippen LogP contribution < -0.4 is 4.90 Å². The van der Waals surface area contributed by atoms with Gasteiger partial charge in [0, 0.05) is 12.7 Å². The van der Waals surface area contributed by atoms with Crippen molar-refractivity contribution in [2.75, 3.05) is 18.1 Å². The first kappa shape index (κ1) is 13.6. The van der Waals surface area contributed by atoms with E-state index in [1.807, 2.05) is 36.1 Å². The molecule has 3 rings (SSSR count). The Morgan fingerprint density at radius 1 is 1.38 bits per heavy atom. The Morgan fingerprint density at radius 3 is 2.95 bits per heavy atom. The van der Waals surface area contributed by atoms with Gasteiger partial charge >= 0.3 is 0 Å². The Labute approximate surface area is 124 Å². The fraction of sp³-hybridized carbons (Fsp3) is 0.294. The topological polar surface area (TPSA) is 60.1 Å². The largest absolute Gasteiger partial charge is 0.394 e. The van der Waals surface area contributed by atoms with Crippen molar-refractivity contribution in [2.24, 2.45) is 0 Å². The number of anilines is 1. The van der Waals surface area contributed by atoms with Gasteiger partial charge in [0.25, 0.3) is 0 Å². The molecular formula is C17H17N3O. The Kier molecular flexibility index (Phi) is 3.59. The molecule has 0 fully saturated rings. The molecule has 4 nitrogen and oxygen atoms in total. The molecule has 2 heterocycles. The van der Waals surface area contributed by atoms with Crippen LogP contribution in [0.2, 0.25) is 0 Å². The molecule has 1 unspecified atom stereocenters. The fourth-order valence-electron chi connectivity index (χ4n) is 3.00. The van der Waals surface area contributed by atoms with Crippen LogP contribution in [0.3, 0.4) is 0 Å². The summed E-state index contributed by atoms with van der Waals surface area (Å²) < 4.78 is 0. The molecule has 0 amide bonds. The van der Waals surface area contributed by atoms with Crippen molar-refractivity contribution in [2.45, 2.75) is 19.4 Å². The summed E-state index contributed by atoms with van der Waals surface area (Å²) in [6, 6.07) is 12.1. The summed E-state index contributed by atoms with van der Waals surface area (Å²) in [5.74, 6) is 0.672. The van der Waals surface area contributed by atoms with Crippen molar-refractivity contribution in [3.05, 3.63) is 58.8 Å². The number of rotatable bonds is 2. The van der Waals surface area contributed by atoms with Gasteiger partial charge in [-0.2, -0.15) is 5.26 Å². The highest BCUT2D eigenvalue weighted by molar-refractivity contribution is 5.59. The summed E-state index contributed by atoms with van der Waals surface area (Å²) in [7, 11) is 0. The number of nitriles is 1. The van der Waals surface area contributed by atoms with Crippen LogP contribution in [0.15, 0.2) is 36.5 Å². The van der Waals surface area contributed by atoms with Crippen LogP contribution in [0, 0.1) is 18.3 Å². The molecule has 1 aromatic heterocycles. The molecule has 1 aliphatic rings. The molecule has 0 saturated carbocycles. The van der Waals surface area contributed by atoms with Crippen molar-refractivity contribution in [3.8, 4) is 6.07 Å². The second kappa shape index (κ2) is 5.55. The first-order valence-electron chi connectivity index (χ1n) is 7.07. The molecule has 1 N–H and O–H groups in total. The lowest BCUT2D eigenvalue weighted by molar-refractivity contribution is 0.256. The third-order valence-electron chi connectivity index (χ3n) is 4.11. The summed E-state index contributed by atoms with van der Waals surface area (Å²) in [5, 5.41) is 19.3. The maximum atomic E-state index is 9.85. The van der Waals surface area contributed by atoms with Crippen molar-refractivity contribution in [1.29, 1.82) is 5.26 Å². The number of aryl methyl sites for hydroxylation is 1. The van der Waals surface area contributed by atoms with Gasteiger partial charge in [0.15, 0.2) is 0 Å². The van der Waals surface area contributed by atoms with Gasteiger partial charge in [0.2, 0.25) is 0 Å². The molecule has 0 aliphatic carbocycles. The molecule has 1 aliphatic heterocycles. The molecule has 4 heteroatoms. The van der Waals surface area contributed by atoms with Gasteiger partial charge in [-0.3, -0.25) is 0 Å². The second-order valence-corrected chi connectivity index (χ2v) is 5.28. The number of nitrogens with zero attached hydrogens (tertiary/aromatic N) is 3. The Bertz CT molecular complexity index is 705. The predicted octanol–water partition coefficient (Wildman–Crippen LogP) is 2.36. The monoisotopic (exact) mass is 279 g/mol. The predicted molar refractivity (Wildman–Crippen MR) is 81.0 cm³/mol. The van der Waals surface area contributed by atoms with Gasteiger partial charge in [-0.25, -0.2) is 4.98 Å². The quantitative estimate of drug-likeness (QED) is 0.916. The van der Waals surface area contributed by atoms with Crippen LogP contribution in [0.1, 0.15) is 28.3 Å². The van der Waals surface area contributed by atoms with E-state index in [1.165, 1.54) is 5.56 Å². The van der Waals surface area contributed by atoms with Gasteiger partial charge in [-0.1, -0.05) is 24.3 Å². The maximum Gasteiger partial charge on any atom is 0.147 e. The molecule has 2 aromatic rings. The van der Waals surface area contributed by atoms with E-state index in [-0.39, 0.29) is 12.6 Å². The standard InChI is InChI=1S/C17H17N3O/c1-12-6-8-19-17(15(12)10-18)20-9-7-13-4-2-3-5-14(13)16(20)11-21/h2-6,8,16,21H,7,9,11H2,1H3. The Hall–Kier alpha value is -2.38. The Balaban J connectivity index is 2.09. The van der Waals surface area contributed by atoms with Gasteiger partial charge in [-0.05, 0) is 36.1 Å². The molecule has 0 radical (unpaired) electrons. The molecule has 21 heavy (non-hydrogen) atoms. The number of fused-ring (bicyclic) bond motifs is 1. The van der Waals surface area contributed by atoms with E-state index in [1.54, 1.807) is 6.20 Å². The molecule has 1 atom stereocenters. The lowest BCUT2D eigenvalue weighted by Crippen LogP contribution is -2.38. The van der Waals surface area contributed by atoms with Crippen molar-refractivity contribution < 1.29 is 5.11 Å².